The molecule has 0 bridgehead atoms. The Kier molecular flexibility index (Phi) is 7.00. The number of pyridine rings is 1. The fourth-order valence-corrected chi connectivity index (χ4v) is 2.03. The third kappa shape index (κ3) is 5.91. The van der Waals surface area contributed by atoms with Gasteiger partial charge in [-0.05, 0) is 25.1 Å². The van der Waals surface area contributed by atoms with Crippen LogP contribution in [-0.2, 0) is 12.0 Å². The molecule has 0 aliphatic carbocycles. The number of nitrogens with zero attached hydrogens (tertiary/aromatic N) is 1. The highest BCUT2D eigenvalue weighted by Gasteiger charge is 2.17. The number of hydrogen-bond donors (Lipinski definition) is 1. The van der Waals surface area contributed by atoms with E-state index in [1.807, 2.05) is 13.1 Å². The fraction of sp³-hybridized carbons (Fsp3) is 0.706. The largest absolute Gasteiger partial charge is 0.478 e. The molecule has 0 aliphatic heterocycles. The first-order chi connectivity index (χ1) is 9.47. The van der Waals surface area contributed by atoms with Gasteiger partial charge in [0.25, 0.3) is 0 Å². The minimum absolute atomic E-state index is 0.0457. The normalized spacial score (nSPS) is 11.7. The summed E-state index contributed by atoms with van der Waals surface area (Å²) in [6.45, 7) is 10.4. The van der Waals surface area contributed by atoms with Crippen molar-refractivity contribution < 1.29 is 4.74 Å². The van der Waals surface area contributed by atoms with Gasteiger partial charge in [0.05, 0.1) is 12.3 Å². The Morgan fingerprint density at radius 2 is 1.90 bits per heavy atom. The molecule has 1 aromatic heterocycles. The van der Waals surface area contributed by atoms with Crippen LogP contribution in [0, 0.1) is 0 Å². The summed E-state index contributed by atoms with van der Waals surface area (Å²) in [6.07, 6.45) is 4.88. The average Bonchev–Trinajstić information content (AvgIpc) is 2.38. The minimum Gasteiger partial charge on any atom is -0.478 e. The molecule has 0 fully saturated rings. The van der Waals surface area contributed by atoms with Gasteiger partial charge in [0.2, 0.25) is 5.88 Å². The molecule has 114 valence electrons. The van der Waals surface area contributed by atoms with Crippen molar-refractivity contribution in [3.05, 3.63) is 23.4 Å². The van der Waals surface area contributed by atoms with Gasteiger partial charge in [0, 0.05) is 18.0 Å². The van der Waals surface area contributed by atoms with Gasteiger partial charge in [-0.25, -0.2) is 4.98 Å². The summed E-state index contributed by atoms with van der Waals surface area (Å²) >= 11 is 0. The fourth-order valence-electron chi connectivity index (χ4n) is 2.03. The van der Waals surface area contributed by atoms with Gasteiger partial charge in [-0.15, -0.1) is 0 Å². The smallest absolute Gasteiger partial charge is 0.213 e. The lowest BCUT2D eigenvalue weighted by atomic mass is 9.91. The number of unbranched alkanes of at least 4 members (excludes halogenated alkanes) is 3. The molecule has 1 heterocycles. The summed E-state index contributed by atoms with van der Waals surface area (Å²) in [4.78, 5) is 4.65. The van der Waals surface area contributed by atoms with Crippen molar-refractivity contribution in [3.8, 4) is 5.88 Å². The monoisotopic (exact) mass is 278 g/mol. The van der Waals surface area contributed by atoms with E-state index in [0.29, 0.717) is 0 Å². The Balaban J connectivity index is 2.71. The average molecular weight is 278 g/mol. The number of nitrogens with one attached hydrogen (secondary N) is 1. The SMILES string of the molecule is CCCCCCOc1cc(CNC)cc(C(C)(C)C)n1. The van der Waals surface area contributed by atoms with Gasteiger partial charge >= 0.3 is 0 Å². The van der Waals surface area contributed by atoms with Gasteiger partial charge in [-0.3, -0.25) is 0 Å². The minimum atomic E-state index is 0.0457. The Labute approximate surface area is 124 Å². The molecular weight excluding hydrogens is 248 g/mol. The lowest BCUT2D eigenvalue weighted by Gasteiger charge is -2.20. The van der Waals surface area contributed by atoms with E-state index in [-0.39, 0.29) is 5.41 Å². The first-order valence-corrected chi connectivity index (χ1v) is 7.76. The maximum absolute atomic E-state index is 5.84. The number of aromatic nitrogens is 1. The summed E-state index contributed by atoms with van der Waals surface area (Å²) < 4.78 is 5.84. The van der Waals surface area contributed by atoms with Crippen molar-refractivity contribution in [1.29, 1.82) is 0 Å². The van der Waals surface area contributed by atoms with Crippen LogP contribution in [0.25, 0.3) is 0 Å². The molecule has 1 N–H and O–H groups in total. The van der Waals surface area contributed by atoms with Crippen molar-refractivity contribution in [2.75, 3.05) is 13.7 Å². The highest BCUT2D eigenvalue weighted by Crippen LogP contribution is 2.24. The van der Waals surface area contributed by atoms with Gasteiger partial charge < -0.3 is 10.1 Å². The third-order valence-corrected chi connectivity index (χ3v) is 3.26. The maximum Gasteiger partial charge on any atom is 0.213 e. The van der Waals surface area contributed by atoms with Crippen molar-refractivity contribution >= 4 is 0 Å². The van der Waals surface area contributed by atoms with E-state index in [1.54, 1.807) is 0 Å². The zero-order valence-electron chi connectivity index (χ0n) is 13.8. The summed E-state index contributed by atoms with van der Waals surface area (Å²) in [5.41, 5.74) is 2.37. The van der Waals surface area contributed by atoms with Crippen LogP contribution in [0.3, 0.4) is 0 Å². The standard InChI is InChI=1S/C17H30N2O/c1-6-7-8-9-10-20-16-12-14(13-18-5)11-15(19-16)17(2,3)4/h11-12,18H,6-10,13H2,1-5H3. The van der Waals surface area contributed by atoms with Gasteiger partial charge in [0.15, 0.2) is 0 Å². The van der Waals surface area contributed by atoms with Gasteiger partial charge in [0.1, 0.15) is 0 Å². The molecule has 20 heavy (non-hydrogen) atoms. The molecule has 1 aromatic rings. The number of rotatable bonds is 8. The van der Waals surface area contributed by atoms with Crippen molar-refractivity contribution in [3.63, 3.8) is 0 Å². The summed E-state index contributed by atoms with van der Waals surface area (Å²) in [5, 5.41) is 3.19. The first kappa shape index (κ1) is 17.0. The molecule has 0 amide bonds. The van der Waals surface area contributed by atoms with Crippen LogP contribution in [0.2, 0.25) is 0 Å². The molecule has 0 saturated heterocycles. The highest BCUT2D eigenvalue weighted by molar-refractivity contribution is 5.28. The second kappa shape index (κ2) is 8.25. The van der Waals surface area contributed by atoms with Crippen LogP contribution >= 0.6 is 0 Å². The number of hydrogen-bond acceptors (Lipinski definition) is 3. The summed E-state index contributed by atoms with van der Waals surface area (Å²) in [5.74, 6) is 0.763. The second-order valence-electron chi connectivity index (χ2n) is 6.39. The molecule has 3 nitrogen and oxygen atoms in total. The van der Waals surface area contributed by atoms with E-state index in [1.165, 1.54) is 24.8 Å². The quantitative estimate of drug-likeness (QED) is 0.728. The second-order valence-corrected chi connectivity index (χ2v) is 6.39. The molecule has 0 saturated carbocycles. The van der Waals surface area contributed by atoms with E-state index < -0.39 is 0 Å². The van der Waals surface area contributed by atoms with Crippen LogP contribution in [0.4, 0.5) is 0 Å². The predicted molar refractivity (Wildman–Crippen MR) is 85.3 cm³/mol. The van der Waals surface area contributed by atoms with E-state index in [2.05, 4.69) is 44.1 Å². The highest BCUT2D eigenvalue weighted by atomic mass is 16.5. The Bertz CT molecular complexity index is 396. The topological polar surface area (TPSA) is 34.1 Å². The molecule has 0 unspecified atom stereocenters. The Morgan fingerprint density at radius 1 is 1.15 bits per heavy atom. The van der Waals surface area contributed by atoms with Crippen molar-refractivity contribution in [1.82, 2.24) is 10.3 Å². The molecule has 3 heteroatoms. The molecule has 0 aliphatic rings. The van der Waals surface area contributed by atoms with Gasteiger partial charge in [-0.2, -0.15) is 0 Å². The van der Waals surface area contributed by atoms with Crippen LogP contribution < -0.4 is 10.1 Å². The zero-order chi connectivity index (χ0) is 15.0. The zero-order valence-corrected chi connectivity index (χ0v) is 13.8. The molecule has 1 rings (SSSR count). The third-order valence-electron chi connectivity index (χ3n) is 3.26. The Morgan fingerprint density at radius 3 is 2.50 bits per heavy atom. The summed E-state index contributed by atoms with van der Waals surface area (Å²) in [6, 6.07) is 4.21. The van der Waals surface area contributed by atoms with Crippen LogP contribution in [0.15, 0.2) is 12.1 Å². The lowest BCUT2D eigenvalue weighted by Crippen LogP contribution is -2.16. The summed E-state index contributed by atoms with van der Waals surface area (Å²) in [7, 11) is 1.96. The Hall–Kier alpha value is -1.09. The number of ether oxygens (including phenoxy) is 1. The van der Waals surface area contributed by atoms with Crippen molar-refractivity contribution in [2.45, 2.75) is 65.3 Å². The first-order valence-electron chi connectivity index (χ1n) is 7.76. The molecule has 0 atom stereocenters. The molecule has 0 aromatic carbocycles. The molecule has 0 radical (unpaired) electrons. The van der Waals surface area contributed by atoms with E-state index >= 15 is 0 Å². The van der Waals surface area contributed by atoms with Crippen molar-refractivity contribution in [2.24, 2.45) is 0 Å². The van der Waals surface area contributed by atoms with E-state index in [4.69, 9.17) is 4.74 Å². The lowest BCUT2D eigenvalue weighted by molar-refractivity contribution is 0.291. The van der Waals surface area contributed by atoms with Crippen LogP contribution in [0.5, 0.6) is 5.88 Å². The molecule has 0 spiro atoms. The van der Waals surface area contributed by atoms with Gasteiger partial charge in [-0.1, -0.05) is 47.0 Å². The van der Waals surface area contributed by atoms with E-state index in [0.717, 1.165) is 31.1 Å². The van der Waals surface area contributed by atoms with E-state index in [9.17, 15) is 0 Å². The molecular formula is C17H30N2O. The predicted octanol–water partition coefficient (Wildman–Crippen LogP) is 4.06. The maximum atomic E-state index is 5.84. The van der Waals surface area contributed by atoms with Crippen LogP contribution in [0.1, 0.15) is 64.6 Å². The van der Waals surface area contributed by atoms with Crippen LogP contribution in [-0.4, -0.2) is 18.6 Å².